The number of nitrogens with two attached hydrogens (primary N) is 1. The SMILES string of the molecule is C=CCOC(=O)CCC(=O)CN.Cl. The molecule has 2 N–H and O–H groups in total. The number of ketones is 1. The van der Waals surface area contributed by atoms with Crippen LogP contribution in [0, 0.1) is 0 Å². The summed E-state index contributed by atoms with van der Waals surface area (Å²) >= 11 is 0. The number of carbonyl (C=O) groups excluding carboxylic acids is 2. The van der Waals surface area contributed by atoms with Crippen molar-refractivity contribution in [3.63, 3.8) is 0 Å². The van der Waals surface area contributed by atoms with E-state index in [0.717, 1.165) is 0 Å². The van der Waals surface area contributed by atoms with Gasteiger partial charge < -0.3 is 10.5 Å². The summed E-state index contributed by atoms with van der Waals surface area (Å²) in [5.41, 5.74) is 5.04. The van der Waals surface area contributed by atoms with Gasteiger partial charge >= 0.3 is 5.97 Å². The molecule has 0 fully saturated rings. The smallest absolute Gasteiger partial charge is 0.306 e. The Morgan fingerprint density at radius 1 is 1.38 bits per heavy atom. The van der Waals surface area contributed by atoms with Crippen LogP contribution in [-0.4, -0.2) is 24.9 Å². The van der Waals surface area contributed by atoms with Gasteiger partial charge in [-0.15, -0.1) is 12.4 Å². The summed E-state index contributed by atoms with van der Waals surface area (Å²) in [4.78, 5) is 21.4. The van der Waals surface area contributed by atoms with E-state index in [9.17, 15) is 9.59 Å². The summed E-state index contributed by atoms with van der Waals surface area (Å²) < 4.78 is 4.64. The van der Waals surface area contributed by atoms with Gasteiger partial charge in [0, 0.05) is 6.42 Å². The molecule has 0 saturated heterocycles. The van der Waals surface area contributed by atoms with Crippen LogP contribution in [0.1, 0.15) is 12.8 Å². The minimum Gasteiger partial charge on any atom is -0.461 e. The van der Waals surface area contributed by atoms with Crippen molar-refractivity contribution < 1.29 is 14.3 Å². The molecule has 0 aliphatic heterocycles. The topological polar surface area (TPSA) is 69.4 Å². The van der Waals surface area contributed by atoms with Gasteiger partial charge in [-0.05, 0) is 0 Å². The Kier molecular flexibility index (Phi) is 10.4. The minimum atomic E-state index is -0.392. The van der Waals surface area contributed by atoms with E-state index in [2.05, 4.69) is 11.3 Å². The fourth-order valence-corrected chi connectivity index (χ4v) is 0.568. The average Bonchev–Trinajstić information content (AvgIpc) is 2.10. The zero-order valence-electron chi connectivity index (χ0n) is 7.32. The Balaban J connectivity index is 0. The molecule has 0 unspecified atom stereocenters. The lowest BCUT2D eigenvalue weighted by molar-refractivity contribution is -0.143. The molecule has 5 heteroatoms. The molecule has 0 rings (SSSR count). The highest BCUT2D eigenvalue weighted by Crippen LogP contribution is 1.93. The predicted octanol–water partition coefficient (Wildman–Crippen LogP) is 0.445. The molecule has 0 aromatic carbocycles. The summed E-state index contributed by atoms with van der Waals surface area (Å²) in [5.74, 6) is -0.526. The van der Waals surface area contributed by atoms with E-state index in [1.165, 1.54) is 6.08 Å². The van der Waals surface area contributed by atoms with Gasteiger partial charge in [0.05, 0.1) is 13.0 Å². The molecule has 0 aliphatic rings. The van der Waals surface area contributed by atoms with Gasteiger partial charge in [0.1, 0.15) is 12.4 Å². The number of hydrogen-bond acceptors (Lipinski definition) is 4. The lowest BCUT2D eigenvalue weighted by atomic mass is 10.2. The molecule has 76 valence electrons. The number of Topliss-reactive ketones (excluding diaryl/α,β-unsaturated/α-hetero) is 1. The van der Waals surface area contributed by atoms with Gasteiger partial charge in [0.15, 0.2) is 0 Å². The van der Waals surface area contributed by atoms with Crippen LogP contribution in [0.2, 0.25) is 0 Å². The van der Waals surface area contributed by atoms with Crippen molar-refractivity contribution in [2.24, 2.45) is 5.73 Å². The lowest BCUT2D eigenvalue weighted by Crippen LogP contribution is -2.15. The van der Waals surface area contributed by atoms with Crippen molar-refractivity contribution in [1.29, 1.82) is 0 Å². The molecular formula is C8H14ClNO3. The van der Waals surface area contributed by atoms with Gasteiger partial charge in [0.25, 0.3) is 0 Å². The Hall–Kier alpha value is -0.870. The maximum Gasteiger partial charge on any atom is 0.306 e. The zero-order valence-corrected chi connectivity index (χ0v) is 8.14. The molecule has 0 saturated carbocycles. The van der Waals surface area contributed by atoms with E-state index >= 15 is 0 Å². The summed E-state index contributed by atoms with van der Waals surface area (Å²) in [5, 5.41) is 0. The van der Waals surface area contributed by atoms with Crippen molar-refractivity contribution in [3.8, 4) is 0 Å². The first-order valence-corrected chi connectivity index (χ1v) is 3.69. The van der Waals surface area contributed by atoms with Gasteiger partial charge in [-0.1, -0.05) is 12.7 Å². The summed E-state index contributed by atoms with van der Waals surface area (Å²) in [6.45, 7) is 3.55. The summed E-state index contributed by atoms with van der Waals surface area (Å²) in [6.07, 6.45) is 1.74. The second-order valence-electron chi connectivity index (χ2n) is 2.21. The Morgan fingerprint density at radius 3 is 2.46 bits per heavy atom. The molecule has 0 aromatic heterocycles. The van der Waals surface area contributed by atoms with Crippen LogP contribution in [0.15, 0.2) is 12.7 Å². The molecule has 0 radical (unpaired) electrons. The molecule has 0 heterocycles. The van der Waals surface area contributed by atoms with Crippen molar-refractivity contribution in [2.45, 2.75) is 12.8 Å². The largest absolute Gasteiger partial charge is 0.461 e. The number of hydrogen-bond donors (Lipinski definition) is 1. The molecule has 13 heavy (non-hydrogen) atoms. The molecule has 4 nitrogen and oxygen atoms in total. The quantitative estimate of drug-likeness (QED) is 0.507. The Labute approximate surface area is 83.5 Å². The summed E-state index contributed by atoms with van der Waals surface area (Å²) in [7, 11) is 0. The standard InChI is InChI=1S/C8H13NO3.ClH/c1-2-5-12-8(11)4-3-7(10)6-9;/h2H,1,3-6,9H2;1H. The highest BCUT2D eigenvalue weighted by atomic mass is 35.5. The van der Waals surface area contributed by atoms with Gasteiger partial charge in [-0.2, -0.15) is 0 Å². The molecular weight excluding hydrogens is 194 g/mol. The highest BCUT2D eigenvalue weighted by molar-refractivity contribution is 5.85. The fraction of sp³-hybridized carbons (Fsp3) is 0.500. The first-order valence-electron chi connectivity index (χ1n) is 3.69. The van der Waals surface area contributed by atoms with Crippen LogP contribution in [0.4, 0.5) is 0 Å². The van der Waals surface area contributed by atoms with Crippen molar-refractivity contribution in [1.82, 2.24) is 0 Å². The lowest BCUT2D eigenvalue weighted by Gasteiger charge is -1.99. The second kappa shape index (κ2) is 9.22. The third kappa shape index (κ3) is 9.04. The van der Waals surface area contributed by atoms with Crippen molar-refractivity contribution >= 4 is 24.2 Å². The second-order valence-corrected chi connectivity index (χ2v) is 2.21. The maximum atomic E-state index is 10.8. The number of ether oxygens (including phenoxy) is 1. The van der Waals surface area contributed by atoms with E-state index in [1.807, 2.05) is 0 Å². The van der Waals surface area contributed by atoms with Crippen LogP contribution >= 0.6 is 12.4 Å². The average molecular weight is 208 g/mol. The first kappa shape index (κ1) is 14.6. The maximum absolute atomic E-state index is 10.8. The molecule has 0 aliphatic carbocycles. The molecule has 0 spiro atoms. The Bertz CT molecular complexity index is 182. The summed E-state index contributed by atoms with van der Waals surface area (Å²) in [6, 6.07) is 0. The van der Waals surface area contributed by atoms with Gasteiger partial charge in [-0.3, -0.25) is 9.59 Å². The third-order valence-corrected chi connectivity index (χ3v) is 1.20. The number of carbonyl (C=O) groups is 2. The van der Waals surface area contributed by atoms with Gasteiger partial charge in [0.2, 0.25) is 0 Å². The monoisotopic (exact) mass is 207 g/mol. The molecule has 0 aromatic rings. The van der Waals surface area contributed by atoms with Crippen LogP contribution in [0.3, 0.4) is 0 Å². The molecule has 0 atom stereocenters. The van der Waals surface area contributed by atoms with E-state index < -0.39 is 5.97 Å². The van der Waals surface area contributed by atoms with Crippen LogP contribution < -0.4 is 5.73 Å². The molecule has 0 amide bonds. The number of rotatable bonds is 6. The van der Waals surface area contributed by atoms with E-state index in [4.69, 9.17) is 5.73 Å². The van der Waals surface area contributed by atoms with Crippen LogP contribution in [0.5, 0.6) is 0 Å². The molecule has 0 bridgehead atoms. The van der Waals surface area contributed by atoms with Crippen molar-refractivity contribution in [3.05, 3.63) is 12.7 Å². The fourth-order valence-electron chi connectivity index (χ4n) is 0.568. The first-order chi connectivity index (χ1) is 5.70. The zero-order chi connectivity index (χ0) is 9.40. The van der Waals surface area contributed by atoms with E-state index in [0.29, 0.717) is 0 Å². The Morgan fingerprint density at radius 2 is 2.00 bits per heavy atom. The van der Waals surface area contributed by atoms with Crippen molar-refractivity contribution in [2.75, 3.05) is 13.2 Å². The predicted molar refractivity (Wildman–Crippen MR) is 51.7 cm³/mol. The highest BCUT2D eigenvalue weighted by Gasteiger charge is 2.05. The third-order valence-electron chi connectivity index (χ3n) is 1.20. The van der Waals surface area contributed by atoms with Crippen LogP contribution in [-0.2, 0) is 14.3 Å². The minimum absolute atomic E-state index is 0. The van der Waals surface area contributed by atoms with Crippen LogP contribution in [0.25, 0.3) is 0 Å². The normalized spacial score (nSPS) is 8.38. The van der Waals surface area contributed by atoms with E-state index in [-0.39, 0.29) is 44.2 Å². The number of esters is 1. The van der Waals surface area contributed by atoms with E-state index in [1.54, 1.807) is 0 Å². The number of halogens is 1. The van der Waals surface area contributed by atoms with Gasteiger partial charge in [-0.25, -0.2) is 0 Å².